The predicted molar refractivity (Wildman–Crippen MR) is 103 cm³/mol. The van der Waals surface area contributed by atoms with E-state index in [2.05, 4.69) is 4.98 Å². The zero-order valence-electron chi connectivity index (χ0n) is 14.5. The van der Waals surface area contributed by atoms with E-state index in [1.807, 2.05) is 48.0 Å². The number of thiophene rings is 1. The van der Waals surface area contributed by atoms with Gasteiger partial charge in [0.25, 0.3) is 5.91 Å². The van der Waals surface area contributed by atoms with Crippen LogP contribution in [0.4, 0.5) is 0 Å². The number of ether oxygens (including phenoxy) is 1. The molecule has 0 aliphatic carbocycles. The van der Waals surface area contributed by atoms with Crippen LogP contribution in [0.15, 0.2) is 46.5 Å². The van der Waals surface area contributed by atoms with E-state index in [-0.39, 0.29) is 18.2 Å². The Hall–Kier alpha value is -2.51. The highest BCUT2D eigenvalue weighted by Crippen LogP contribution is 2.25. The minimum absolute atomic E-state index is 0.227. The maximum atomic E-state index is 12.2. The zero-order valence-corrected chi connectivity index (χ0v) is 16.1. The number of aromatic nitrogens is 1. The van der Waals surface area contributed by atoms with E-state index in [0.29, 0.717) is 6.54 Å². The molecule has 5 nitrogen and oxygen atoms in total. The van der Waals surface area contributed by atoms with Gasteiger partial charge in [0, 0.05) is 29.9 Å². The van der Waals surface area contributed by atoms with Crippen LogP contribution in [0, 0.1) is 6.92 Å². The van der Waals surface area contributed by atoms with Crippen LogP contribution in [0.3, 0.4) is 0 Å². The van der Waals surface area contributed by atoms with Gasteiger partial charge in [0.2, 0.25) is 0 Å². The molecule has 0 spiro atoms. The molecule has 1 aromatic carbocycles. The number of aryl methyl sites for hydroxylation is 1. The van der Waals surface area contributed by atoms with Gasteiger partial charge in [0.1, 0.15) is 5.01 Å². The third-order valence-corrected chi connectivity index (χ3v) is 5.48. The molecule has 0 bridgehead atoms. The van der Waals surface area contributed by atoms with Crippen molar-refractivity contribution in [3.63, 3.8) is 0 Å². The molecule has 0 radical (unpaired) electrons. The molecule has 1 amide bonds. The van der Waals surface area contributed by atoms with E-state index in [4.69, 9.17) is 4.74 Å². The van der Waals surface area contributed by atoms with Gasteiger partial charge >= 0.3 is 5.97 Å². The van der Waals surface area contributed by atoms with E-state index in [9.17, 15) is 9.59 Å². The third-order valence-electron chi connectivity index (χ3n) is 3.90. The number of thiazole rings is 1. The van der Waals surface area contributed by atoms with Crippen molar-refractivity contribution in [3.8, 4) is 10.6 Å². The van der Waals surface area contributed by atoms with Crippen molar-refractivity contribution in [2.75, 3.05) is 13.7 Å². The average molecular weight is 386 g/mol. The molecule has 7 heteroatoms. The molecule has 2 aromatic heterocycles. The number of hydrogen-bond acceptors (Lipinski definition) is 6. The molecule has 134 valence electrons. The van der Waals surface area contributed by atoms with Gasteiger partial charge in [-0.3, -0.25) is 4.79 Å². The number of likely N-dealkylation sites (N-methyl/N-ethyl adjacent to an activating group) is 1. The Kier molecular flexibility index (Phi) is 5.80. The average Bonchev–Trinajstić information content (AvgIpc) is 3.32. The maximum absolute atomic E-state index is 12.2. The summed E-state index contributed by atoms with van der Waals surface area (Å²) in [6.45, 7) is 2.18. The number of nitrogens with zero attached hydrogens (tertiary/aromatic N) is 2. The third kappa shape index (κ3) is 4.36. The van der Waals surface area contributed by atoms with Crippen molar-refractivity contribution >= 4 is 34.6 Å². The minimum Gasteiger partial charge on any atom is -0.451 e. The molecule has 0 fully saturated rings. The van der Waals surface area contributed by atoms with Crippen molar-refractivity contribution in [2.45, 2.75) is 13.5 Å². The van der Waals surface area contributed by atoms with Gasteiger partial charge in [-0.25, -0.2) is 9.78 Å². The smallest absolute Gasteiger partial charge is 0.358 e. The van der Waals surface area contributed by atoms with Crippen molar-refractivity contribution < 1.29 is 14.3 Å². The lowest BCUT2D eigenvalue weighted by Crippen LogP contribution is -2.31. The lowest BCUT2D eigenvalue weighted by Gasteiger charge is -2.18. The van der Waals surface area contributed by atoms with Gasteiger partial charge in [0.15, 0.2) is 12.3 Å². The van der Waals surface area contributed by atoms with Crippen LogP contribution in [-0.2, 0) is 16.1 Å². The number of esters is 1. The summed E-state index contributed by atoms with van der Waals surface area (Å²) in [5, 5.41) is 6.34. The number of amides is 1. The summed E-state index contributed by atoms with van der Waals surface area (Å²) >= 11 is 2.95. The molecule has 0 saturated carbocycles. The second-order valence-electron chi connectivity index (χ2n) is 5.80. The Balaban J connectivity index is 1.54. The Labute approximate surface area is 159 Å². The molecule has 0 aliphatic heterocycles. The summed E-state index contributed by atoms with van der Waals surface area (Å²) < 4.78 is 5.13. The molecule has 0 atom stereocenters. The van der Waals surface area contributed by atoms with E-state index < -0.39 is 5.97 Å². The molecule has 0 unspecified atom stereocenters. The lowest BCUT2D eigenvalue weighted by atomic mass is 10.1. The van der Waals surface area contributed by atoms with Crippen molar-refractivity contribution in [1.82, 2.24) is 9.88 Å². The first-order chi connectivity index (χ1) is 12.5. The van der Waals surface area contributed by atoms with E-state index in [1.165, 1.54) is 11.3 Å². The minimum atomic E-state index is -0.583. The Morgan fingerprint density at radius 2 is 2.00 bits per heavy atom. The fourth-order valence-corrected chi connectivity index (χ4v) is 3.83. The molecule has 0 saturated heterocycles. The summed E-state index contributed by atoms with van der Waals surface area (Å²) in [4.78, 5) is 30.2. The van der Waals surface area contributed by atoms with Gasteiger partial charge in [-0.15, -0.1) is 11.3 Å². The van der Waals surface area contributed by atoms with E-state index >= 15 is 0 Å². The molecule has 0 aliphatic rings. The number of carbonyl (C=O) groups excluding carboxylic acids is 2. The largest absolute Gasteiger partial charge is 0.451 e. The quantitative estimate of drug-likeness (QED) is 0.601. The molecule has 2 heterocycles. The molecular formula is C19H18N2O3S2. The summed E-state index contributed by atoms with van der Waals surface area (Å²) in [5.74, 6) is -0.838. The summed E-state index contributed by atoms with van der Waals surface area (Å²) in [6.07, 6.45) is 0. The summed E-state index contributed by atoms with van der Waals surface area (Å²) in [5.41, 5.74) is 3.39. The van der Waals surface area contributed by atoms with Gasteiger partial charge in [-0.1, -0.05) is 24.3 Å². The maximum Gasteiger partial charge on any atom is 0.358 e. The fourth-order valence-electron chi connectivity index (χ4n) is 2.33. The van der Waals surface area contributed by atoms with Crippen molar-refractivity contribution in [1.29, 1.82) is 0 Å². The highest BCUT2D eigenvalue weighted by atomic mass is 32.1. The van der Waals surface area contributed by atoms with Gasteiger partial charge in [-0.05, 0) is 29.5 Å². The normalized spacial score (nSPS) is 10.5. The standard InChI is InChI=1S/C19H18N2O3S2/c1-13-5-3-4-6-14(13)9-21(2)17(22)10-24-19(23)16-12-26-18(20-16)15-7-8-25-11-15/h3-8,11-12H,9-10H2,1-2H3. The molecular weight excluding hydrogens is 368 g/mol. The van der Waals surface area contributed by atoms with Crippen molar-refractivity contribution in [3.05, 3.63) is 63.3 Å². The van der Waals surface area contributed by atoms with Crippen LogP contribution >= 0.6 is 22.7 Å². The Morgan fingerprint density at radius 1 is 1.19 bits per heavy atom. The zero-order chi connectivity index (χ0) is 18.5. The van der Waals surface area contributed by atoms with Gasteiger partial charge < -0.3 is 9.64 Å². The van der Waals surface area contributed by atoms with Crippen LogP contribution in [0.2, 0.25) is 0 Å². The van der Waals surface area contributed by atoms with Gasteiger partial charge in [-0.2, -0.15) is 11.3 Å². The number of benzene rings is 1. The van der Waals surface area contributed by atoms with Crippen LogP contribution in [-0.4, -0.2) is 35.4 Å². The number of rotatable bonds is 6. The first-order valence-corrected chi connectivity index (χ1v) is 9.80. The van der Waals surface area contributed by atoms with Gasteiger partial charge in [0.05, 0.1) is 0 Å². The van der Waals surface area contributed by atoms with Crippen LogP contribution in [0.25, 0.3) is 10.6 Å². The lowest BCUT2D eigenvalue weighted by molar-refractivity contribution is -0.133. The topological polar surface area (TPSA) is 59.5 Å². The Bertz CT molecular complexity index is 903. The summed E-state index contributed by atoms with van der Waals surface area (Å²) in [7, 11) is 1.69. The Morgan fingerprint density at radius 3 is 2.73 bits per heavy atom. The highest BCUT2D eigenvalue weighted by molar-refractivity contribution is 7.14. The second-order valence-corrected chi connectivity index (χ2v) is 7.44. The van der Waals surface area contributed by atoms with Crippen LogP contribution in [0.5, 0.6) is 0 Å². The van der Waals surface area contributed by atoms with E-state index in [0.717, 1.165) is 21.7 Å². The van der Waals surface area contributed by atoms with Crippen LogP contribution < -0.4 is 0 Å². The summed E-state index contributed by atoms with van der Waals surface area (Å²) in [6, 6.07) is 9.82. The van der Waals surface area contributed by atoms with E-state index in [1.54, 1.807) is 28.7 Å². The van der Waals surface area contributed by atoms with Crippen LogP contribution in [0.1, 0.15) is 21.6 Å². The molecule has 3 aromatic rings. The first kappa shape index (κ1) is 18.3. The fraction of sp³-hybridized carbons (Fsp3) is 0.211. The molecule has 3 rings (SSSR count). The predicted octanol–water partition coefficient (Wildman–Crippen LogP) is 4.00. The highest BCUT2D eigenvalue weighted by Gasteiger charge is 2.17. The second kappa shape index (κ2) is 8.25. The number of carbonyl (C=O) groups is 2. The SMILES string of the molecule is Cc1ccccc1CN(C)C(=O)COC(=O)c1csc(-c2ccsc2)n1. The number of hydrogen-bond donors (Lipinski definition) is 0. The molecule has 26 heavy (non-hydrogen) atoms. The first-order valence-electron chi connectivity index (χ1n) is 7.98. The molecule has 0 N–H and O–H groups in total. The monoisotopic (exact) mass is 386 g/mol. The van der Waals surface area contributed by atoms with Crippen molar-refractivity contribution in [2.24, 2.45) is 0 Å².